The molecule has 0 spiro atoms. The zero-order valence-corrected chi connectivity index (χ0v) is 11.5. The number of rotatable bonds is 3. The van der Waals surface area contributed by atoms with E-state index in [2.05, 4.69) is 55.9 Å². The summed E-state index contributed by atoms with van der Waals surface area (Å²) < 4.78 is 0. The Kier molecular flexibility index (Phi) is 3.75. The van der Waals surface area contributed by atoms with Gasteiger partial charge in [-0.2, -0.15) is 0 Å². The topological polar surface area (TPSA) is 25.8 Å². The highest BCUT2D eigenvalue weighted by atomic mass is 14.8. The highest BCUT2D eigenvalue weighted by molar-refractivity contribution is 5.58. The lowest BCUT2D eigenvalue weighted by molar-refractivity contribution is 0.834. The van der Waals surface area contributed by atoms with Crippen LogP contribution in [0.1, 0.15) is 50.7 Å². The molecule has 2 heteroatoms. The lowest BCUT2D eigenvalue weighted by Crippen LogP contribution is -1.96. The zero-order chi connectivity index (χ0) is 13.1. The lowest BCUT2D eigenvalue weighted by atomic mass is 9.93. The molecule has 0 amide bonds. The number of hydrogen-bond donors (Lipinski definition) is 0. The predicted molar refractivity (Wildman–Crippen MR) is 75.6 cm³/mol. The number of hydrogen-bond acceptors (Lipinski definition) is 2. The van der Waals surface area contributed by atoms with Crippen molar-refractivity contribution < 1.29 is 0 Å². The van der Waals surface area contributed by atoms with E-state index in [1.54, 1.807) is 12.4 Å². The third-order valence-electron chi connectivity index (χ3n) is 3.13. The molecule has 1 aromatic heterocycles. The summed E-state index contributed by atoms with van der Waals surface area (Å²) in [5.74, 6) is 1.85. The van der Waals surface area contributed by atoms with Gasteiger partial charge in [0.15, 0.2) is 5.82 Å². The maximum atomic E-state index is 4.34. The van der Waals surface area contributed by atoms with Crippen LogP contribution in [0.4, 0.5) is 0 Å². The van der Waals surface area contributed by atoms with Gasteiger partial charge in [0.05, 0.1) is 0 Å². The van der Waals surface area contributed by atoms with E-state index >= 15 is 0 Å². The number of aromatic nitrogens is 2. The van der Waals surface area contributed by atoms with Crippen LogP contribution in [0, 0.1) is 0 Å². The van der Waals surface area contributed by atoms with Crippen molar-refractivity contribution in [2.24, 2.45) is 0 Å². The molecule has 0 aliphatic rings. The van der Waals surface area contributed by atoms with Crippen LogP contribution in [0.15, 0.2) is 36.7 Å². The van der Waals surface area contributed by atoms with E-state index in [0.29, 0.717) is 11.8 Å². The van der Waals surface area contributed by atoms with Gasteiger partial charge >= 0.3 is 0 Å². The van der Waals surface area contributed by atoms with Gasteiger partial charge in [-0.05, 0) is 41.2 Å². The smallest absolute Gasteiger partial charge is 0.159 e. The van der Waals surface area contributed by atoms with Gasteiger partial charge in [0.2, 0.25) is 0 Å². The van der Waals surface area contributed by atoms with Gasteiger partial charge in [-0.15, -0.1) is 0 Å². The molecule has 2 rings (SSSR count). The maximum absolute atomic E-state index is 4.34. The Morgan fingerprint density at radius 3 is 1.72 bits per heavy atom. The Morgan fingerprint density at radius 2 is 1.28 bits per heavy atom. The SMILES string of the molecule is CC(C)c1cc(-c2ncccn2)cc(C(C)C)c1. The molecular weight excluding hydrogens is 220 g/mol. The van der Waals surface area contributed by atoms with Crippen LogP contribution < -0.4 is 0 Å². The van der Waals surface area contributed by atoms with Crippen LogP contribution in [-0.4, -0.2) is 9.97 Å². The summed E-state index contributed by atoms with van der Waals surface area (Å²) in [6.07, 6.45) is 3.58. The normalized spacial score (nSPS) is 11.2. The molecule has 0 bridgehead atoms. The Bertz CT molecular complexity index is 490. The van der Waals surface area contributed by atoms with Crippen LogP contribution in [0.5, 0.6) is 0 Å². The highest BCUT2D eigenvalue weighted by Crippen LogP contribution is 2.27. The average Bonchev–Trinajstić information content (AvgIpc) is 2.39. The van der Waals surface area contributed by atoms with E-state index in [4.69, 9.17) is 0 Å². The van der Waals surface area contributed by atoms with Gasteiger partial charge in [-0.1, -0.05) is 33.8 Å². The Hall–Kier alpha value is -1.70. The minimum Gasteiger partial charge on any atom is -0.237 e. The monoisotopic (exact) mass is 240 g/mol. The summed E-state index contributed by atoms with van der Waals surface area (Å²) in [6, 6.07) is 8.54. The summed E-state index contributed by atoms with van der Waals surface area (Å²) in [5, 5.41) is 0. The van der Waals surface area contributed by atoms with Crippen molar-refractivity contribution in [2.75, 3.05) is 0 Å². The van der Waals surface area contributed by atoms with E-state index < -0.39 is 0 Å². The van der Waals surface area contributed by atoms with E-state index in [1.807, 2.05) is 6.07 Å². The van der Waals surface area contributed by atoms with Crippen molar-refractivity contribution in [1.82, 2.24) is 9.97 Å². The van der Waals surface area contributed by atoms with Crippen molar-refractivity contribution in [3.8, 4) is 11.4 Å². The fraction of sp³-hybridized carbons (Fsp3) is 0.375. The Morgan fingerprint density at radius 1 is 0.778 bits per heavy atom. The number of benzene rings is 1. The van der Waals surface area contributed by atoms with Gasteiger partial charge < -0.3 is 0 Å². The first-order valence-electron chi connectivity index (χ1n) is 6.50. The van der Waals surface area contributed by atoms with Crippen LogP contribution in [0.2, 0.25) is 0 Å². The second kappa shape index (κ2) is 5.30. The predicted octanol–water partition coefficient (Wildman–Crippen LogP) is 4.39. The van der Waals surface area contributed by atoms with Crippen molar-refractivity contribution >= 4 is 0 Å². The molecule has 18 heavy (non-hydrogen) atoms. The quantitative estimate of drug-likeness (QED) is 0.795. The molecule has 0 N–H and O–H groups in total. The molecule has 0 atom stereocenters. The first-order chi connectivity index (χ1) is 8.58. The van der Waals surface area contributed by atoms with Crippen LogP contribution in [-0.2, 0) is 0 Å². The summed E-state index contributed by atoms with van der Waals surface area (Å²) in [4.78, 5) is 8.68. The standard InChI is InChI=1S/C16H20N2/c1-11(2)13-8-14(12(3)4)10-15(9-13)16-17-6-5-7-18-16/h5-12H,1-4H3. The van der Waals surface area contributed by atoms with Crippen molar-refractivity contribution in [3.63, 3.8) is 0 Å². The number of nitrogens with zero attached hydrogens (tertiary/aromatic N) is 2. The molecule has 2 nitrogen and oxygen atoms in total. The molecule has 0 unspecified atom stereocenters. The van der Waals surface area contributed by atoms with Crippen LogP contribution in [0.3, 0.4) is 0 Å². The fourth-order valence-electron chi connectivity index (χ4n) is 1.92. The summed E-state index contributed by atoms with van der Waals surface area (Å²) in [6.45, 7) is 8.87. The first kappa shape index (κ1) is 12.7. The average molecular weight is 240 g/mol. The molecule has 0 aliphatic heterocycles. The van der Waals surface area contributed by atoms with E-state index in [1.165, 1.54) is 11.1 Å². The third kappa shape index (κ3) is 2.76. The molecule has 0 radical (unpaired) electrons. The van der Waals surface area contributed by atoms with Gasteiger partial charge in [0, 0.05) is 18.0 Å². The summed E-state index contributed by atoms with van der Waals surface area (Å²) in [5.41, 5.74) is 3.82. The van der Waals surface area contributed by atoms with Crippen molar-refractivity contribution in [1.29, 1.82) is 0 Å². The van der Waals surface area contributed by atoms with E-state index in [-0.39, 0.29) is 0 Å². The first-order valence-corrected chi connectivity index (χ1v) is 6.50. The summed E-state index contributed by atoms with van der Waals surface area (Å²) >= 11 is 0. The van der Waals surface area contributed by atoms with Crippen molar-refractivity contribution in [3.05, 3.63) is 47.8 Å². The molecule has 0 aliphatic carbocycles. The van der Waals surface area contributed by atoms with Gasteiger partial charge in [-0.3, -0.25) is 0 Å². The molecule has 1 aromatic carbocycles. The molecule has 0 saturated heterocycles. The second-order valence-corrected chi connectivity index (χ2v) is 5.27. The largest absolute Gasteiger partial charge is 0.237 e. The zero-order valence-electron chi connectivity index (χ0n) is 11.5. The van der Waals surface area contributed by atoms with Crippen LogP contribution >= 0.6 is 0 Å². The molecule has 2 aromatic rings. The second-order valence-electron chi connectivity index (χ2n) is 5.27. The Labute approximate surface area is 109 Å². The van der Waals surface area contributed by atoms with Crippen molar-refractivity contribution in [2.45, 2.75) is 39.5 Å². The molecule has 0 fully saturated rings. The molecular formula is C16H20N2. The minimum atomic E-state index is 0.520. The molecule has 1 heterocycles. The van der Waals surface area contributed by atoms with E-state index in [0.717, 1.165) is 11.4 Å². The molecule has 0 saturated carbocycles. The minimum absolute atomic E-state index is 0.520. The lowest BCUT2D eigenvalue weighted by Gasteiger charge is -2.13. The fourth-order valence-corrected chi connectivity index (χ4v) is 1.92. The maximum Gasteiger partial charge on any atom is 0.159 e. The van der Waals surface area contributed by atoms with E-state index in [9.17, 15) is 0 Å². The summed E-state index contributed by atoms with van der Waals surface area (Å²) in [7, 11) is 0. The highest BCUT2D eigenvalue weighted by Gasteiger charge is 2.09. The Balaban J connectivity index is 2.54. The third-order valence-corrected chi connectivity index (χ3v) is 3.13. The molecule has 94 valence electrons. The van der Waals surface area contributed by atoms with Gasteiger partial charge in [0.25, 0.3) is 0 Å². The van der Waals surface area contributed by atoms with Gasteiger partial charge in [-0.25, -0.2) is 9.97 Å². The van der Waals surface area contributed by atoms with Gasteiger partial charge in [0.1, 0.15) is 0 Å². The van der Waals surface area contributed by atoms with Crippen LogP contribution in [0.25, 0.3) is 11.4 Å².